The van der Waals surface area contributed by atoms with Crippen molar-refractivity contribution in [3.05, 3.63) is 102 Å². The van der Waals surface area contributed by atoms with Gasteiger partial charge in [0.25, 0.3) is 15.9 Å². The Morgan fingerprint density at radius 2 is 1.41 bits per heavy atom. The monoisotopic (exact) mass is 407 g/mol. The molecule has 1 amide bonds. The van der Waals surface area contributed by atoms with Crippen LogP contribution < -0.4 is 10.1 Å². The lowest BCUT2D eigenvalue weighted by Crippen LogP contribution is -2.21. The molecule has 0 bridgehead atoms. The van der Waals surface area contributed by atoms with Crippen LogP contribution in [0.5, 0.6) is 0 Å². The normalized spacial score (nSPS) is 11.7. The van der Waals surface area contributed by atoms with Crippen molar-refractivity contribution in [2.75, 3.05) is 5.32 Å². The lowest BCUT2D eigenvalue weighted by molar-refractivity contribution is 0.102. The van der Waals surface area contributed by atoms with Crippen LogP contribution in [-0.2, 0) is 15.8 Å². The first-order valence-corrected chi connectivity index (χ1v) is 10.6. The third-order valence-corrected chi connectivity index (χ3v) is 5.23. The number of hydrazone groups is 1. The van der Waals surface area contributed by atoms with E-state index in [-0.39, 0.29) is 11.7 Å². The Hall–Kier alpha value is -3.45. The average Bonchev–Trinajstić information content (AvgIpc) is 2.73. The van der Waals surface area contributed by atoms with Crippen LogP contribution in [-0.4, -0.2) is 20.0 Å². The lowest BCUT2D eigenvalue weighted by Gasteiger charge is -2.08. The molecular weight excluding hydrogens is 386 g/mol. The molecule has 0 aromatic heterocycles. The topological polar surface area (TPSA) is 87.6 Å². The van der Waals surface area contributed by atoms with E-state index in [1.165, 1.54) is 0 Å². The van der Waals surface area contributed by atoms with Crippen molar-refractivity contribution < 1.29 is 13.2 Å². The van der Waals surface area contributed by atoms with E-state index in [0.29, 0.717) is 22.5 Å². The SMILES string of the molecule is C/C(=N\NS(=O)(=O)Cc1ccccc1)c1ccc(NC(=O)c2ccccc2)cc1. The Balaban J connectivity index is 1.62. The number of rotatable bonds is 7. The number of sulfonamides is 1. The maximum absolute atomic E-state index is 12.2. The molecule has 0 radical (unpaired) electrons. The first-order chi connectivity index (χ1) is 13.9. The maximum atomic E-state index is 12.2. The Morgan fingerprint density at radius 3 is 2.03 bits per heavy atom. The average molecular weight is 407 g/mol. The van der Waals surface area contributed by atoms with E-state index >= 15 is 0 Å². The fourth-order valence-electron chi connectivity index (χ4n) is 2.62. The van der Waals surface area contributed by atoms with E-state index in [4.69, 9.17) is 0 Å². The Morgan fingerprint density at radius 1 is 0.828 bits per heavy atom. The van der Waals surface area contributed by atoms with Crippen molar-refractivity contribution in [1.82, 2.24) is 4.83 Å². The lowest BCUT2D eigenvalue weighted by atomic mass is 10.1. The molecule has 0 saturated heterocycles. The van der Waals surface area contributed by atoms with Gasteiger partial charge in [0.15, 0.2) is 0 Å². The standard InChI is InChI=1S/C22H21N3O3S/c1-17(24-25-29(27,28)16-18-8-4-2-5-9-18)19-12-14-21(15-13-19)23-22(26)20-10-6-3-7-11-20/h2-15,25H,16H2,1H3,(H,23,26)/b24-17+. The minimum atomic E-state index is -3.59. The van der Waals surface area contributed by atoms with Gasteiger partial charge in [-0.2, -0.15) is 5.10 Å². The summed E-state index contributed by atoms with van der Waals surface area (Å²) < 4.78 is 24.4. The predicted octanol–water partition coefficient (Wildman–Crippen LogP) is 3.78. The molecule has 0 fully saturated rings. The quantitative estimate of drug-likeness (QED) is 0.461. The van der Waals surface area contributed by atoms with Crippen LogP contribution in [0.2, 0.25) is 0 Å². The molecule has 0 aliphatic rings. The van der Waals surface area contributed by atoms with E-state index in [2.05, 4.69) is 15.2 Å². The van der Waals surface area contributed by atoms with Crippen LogP contribution in [0.25, 0.3) is 0 Å². The van der Waals surface area contributed by atoms with Gasteiger partial charge in [-0.3, -0.25) is 4.79 Å². The Bertz CT molecular complexity index is 1100. The molecule has 6 nitrogen and oxygen atoms in total. The number of carbonyl (C=O) groups excluding carboxylic acids is 1. The molecular formula is C22H21N3O3S. The first kappa shape index (κ1) is 20.3. The molecule has 3 aromatic carbocycles. The largest absolute Gasteiger partial charge is 0.322 e. The van der Waals surface area contributed by atoms with Crippen LogP contribution >= 0.6 is 0 Å². The molecule has 3 rings (SSSR count). The highest BCUT2D eigenvalue weighted by atomic mass is 32.2. The van der Waals surface area contributed by atoms with Crippen LogP contribution in [0, 0.1) is 0 Å². The van der Waals surface area contributed by atoms with Gasteiger partial charge in [-0.05, 0) is 42.3 Å². The number of carbonyl (C=O) groups is 1. The summed E-state index contributed by atoms with van der Waals surface area (Å²) in [6.07, 6.45) is 0. The molecule has 0 saturated carbocycles. The fourth-order valence-corrected chi connectivity index (χ4v) is 3.59. The third-order valence-electron chi connectivity index (χ3n) is 4.15. The van der Waals surface area contributed by atoms with E-state index in [9.17, 15) is 13.2 Å². The number of benzene rings is 3. The van der Waals surface area contributed by atoms with Crippen molar-refractivity contribution >= 4 is 27.3 Å². The number of nitrogens with zero attached hydrogens (tertiary/aromatic N) is 1. The number of hydrogen-bond donors (Lipinski definition) is 2. The Kier molecular flexibility index (Phi) is 6.41. The summed E-state index contributed by atoms with van der Waals surface area (Å²) in [5, 5.41) is 6.81. The summed E-state index contributed by atoms with van der Waals surface area (Å²) in [5.74, 6) is -0.341. The van der Waals surface area contributed by atoms with Crippen LogP contribution in [0.4, 0.5) is 5.69 Å². The van der Waals surface area contributed by atoms with Gasteiger partial charge < -0.3 is 5.32 Å². The highest BCUT2D eigenvalue weighted by Gasteiger charge is 2.10. The molecule has 0 unspecified atom stereocenters. The van der Waals surface area contributed by atoms with Crippen LogP contribution in [0.1, 0.15) is 28.4 Å². The summed E-state index contributed by atoms with van der Waals surface area (Å²) in [6.45, 7) is 1.71. The van der Waals surface area contributed by atoms with Gasteiger partial charge in [-0.25, -0.2) is 13.2 Å². The molecule has 148 valence electrons. The van der Waals surface area contributed by atoms with Crippen LogP contribution in [0.3, 0.4) is 0 Å². The minimum Gasteiger partial charge on any atom is -0.322 e. The zero-order chi connectivity index (χ0) is 20.7. The maximum Gasteiger partial charge on any atom is 0.255 e. The molecule has 0 heterocycles. The third kappa shape index (κ3) is 6.02. The second-order valence-electron chi connectivity index (χ2n) is 6.43. The van der Waals surface area contributed by atoms with Crippen molar-refractivity contribution in [3.8, 4) is 0 Å². The number of amides is 1. The van der Waals surface area contributed by atoms with E-state index < -0.39 is 10.0 Å². The van der Waals surface area contributed by atoms with Crippen molar-refractivity contribution in [2.24, 2.45) is 5.10 Å². The van der Waals surface area contributed by atoms with E-state index in [1.54, 1.807) is 79.7 Å². The van der Waals surface area contributed by atoms with Crippen LogP contribution in [0.15, 0.2) is 90.0 Å². The van der Waals surface area contributed by atoms with Gasteiger partial charge in [0.2, 0.25) is 0 Å². The summed E-state index contributed by atoms with van der Waals surface area (Å²) in [6, 6.07) is 24.9. The predicted molar refractivity (Wildman–Crippen MR) is 115 cm³/mol. The van der Waals surface area contributed by atoms with Gasteiger partial charge in [0.1, 0.15) is 0 Å². The molecule has 0 aliphatic heterocycles. The second kappa shape index (κ2) is 9.16. The molecule has 2 N–H and O–H groups in total. The molecule has 7 heteroatoms. The van der Waals surface area contributed by atoms with Crippen molar-refractivity contribution in [2.45, 2.75) is 12.7 Å². The highest BCUT2D eigenvalue weighted by molar-refractivity contribution is 7.88. The number of nitrogens with one attached hydrogen (secondary N) is 2. The second-order valence-corrected chi connectivity index (χ2v) is 8.13. The molecule has 29 heavy (non-hydrogen) atoms. The molecule has 0 atom stereocenters. The smallest absolute Gasteiger partial charge is 0.255 e. The molecule has 0 aliphatic carbocycles. The number of hydrogen-bond acceptors (Lipinski definition) is 4. The van der Waals surface area contributed by atoms with Gasteiger partial charge in [0.05, 0.1) is 11.5 Å². The molecule has 0 spiro atoms. The summed E-state index contributed by atoms with van der Waals surface area (Å²) in [7, 11) is -3.59. The van der Waals surface area contributed by atoms with E-state index in [0.717, 1.165) is 5.56 Å². The van der Waals surface area contributed by atoms with Gasteiger partial charge >= 0.3 is 0 Å². The first-order valence-electron chi connectivity index (χ1n) is 8.97. The zero-order valence-corrected chi connectivity index (χ0v) is 16.7. The summed E-state index contributed by atoms with van der Waals surface area (Å²) in [4.78, 5) is 14.4. The number of anilines is 1. The van der Waals surface area contributed by atoms with Crippen molar-refractivity contribution in [3.63, 3.8) is 0 Å². The Labute approximate surface area is 170 Å². The zero-order valence-electron chi connectivity index (χ0n) is 15.9. The van der Waals surface area contributed by atoms with Gasteiger partial charge in [-0.15, -0.1) is 0 Å². The van der Waals surface area contributed by atoms with E-state index in [1.807, 2.05) is 12.1 Å². The minimum absolute atomic E-state index is 0.144. The highest BCUT2D eigenvalue weighted by Crippen LogP contribution is 2.12. The molecule has 3 aromatic rings. The fraction of sp³-hybridized carbons (Fsp3) is 0.0909. The summed E-state index contributed by atoms with van der Waals surface area (Å²) >= 11 is 0. The van der Waals surface area contributed by atoms with Gasteiger partial charge in [0, 0.05) is 11.3 Å². The summed E-state index contributed by atoms with van der Waals surface area (Å²) in [5.41, 5.74) is 3.15. The van der Waals surface area contributed by atoms with Gasteiger partial charge in [-0.1, -0.05) is 60.7 Å². The van der Waals surface area contributed by atoms with Crippen molar-refractivity contribution in [1.29, 1.82) is 0 Å².